The fraction of sp³-hybridized carbons (Fsp3) is 0.0435. The minimum Gasteiger partial charge on any atom is -0.497 e. The van der Waals surface area contributed by atoms with Gasteiger partial charge in [0.1, 0.15) is 16.4 Å². The lowest BCUT2D eigenvalue weighted by Crippen LogP contribution is -2.09. The molecule has 1 aliphatic heterocycles. The fourth-order valence-corrected chi connectivity index (χ4v) is 3.90. The fourth-order valence-electron chi connectivity index (χ4n) is 2.84. The second kappa shape index (κ2) is 8.86. The molecule has 162 valence electrons. The van der Waals surface area contributed by atoms with Crippen LogP contribution in [-0.2, 0) is 19.6 Å². The number of halogens is 1. The molecule has 0 saturated carbocycles. The molecule has 4 rings (SSSR count). The van der Waals surface area contributed by atoms with Crippen molar-refractivity contribution >= 4 is 39.7 Å². The van der Waals surface area contributed by atoms with E-state index < -0.39 is 16.1 Å². The highest BCUT2D eigenvalue weighted by Crippen LogP contribution is 2.24. The number of cyclic esters (lactones) is 1. The van der Waals surface area contributed by atoms with Crippen molar-refractivity contribution in [2.45, 2.75) is 4.90 Å². The van der Waals surface area contributed by atoms with Crippen molar-refractivity contribution in [1.82, 2.24) is 0 Å². The summed E-state index contributed by atoms with van der Waals surface area (Å²) in [5.41, 5.74) is 1.34. The first-order chi connectivity index (χ1) is 15.3. The van der Waals surface area contributed by atoms with Gasteiger partial charge in [-0.2, -0.15) is 8.42 Å². The third kappa shape index (κ3) is 4.82. The van der Waals surface area contributed by atoms with Crippen LogP contribution in [0, 0.1) is 0 Å². The van der Waals surface area contributed by atoms with Gasteiger partial charge >= 0.3 is 16.1 Å². The molecule has 0 atom stereocenters. The van der Waals surface area contributed by atoms with Crippen molar-refractivity contribution in [1.29, 1.82) is 0 Å². The number of carbonyl (C=O) groups is 1. The lowest BCUT2D eigenvalue weighted by atomic mass is 10.2. The summed E-state index contributed by atoms with van der Waals surface area (Å²) in [5, 5.41) is 0.420. The second-order valence-corrected chi connectivity index (χ2v) is 8.61. The van der Waals surface area contributed by atoms with Gasteiger partial charge in [0.25, 0.3) is 0 Å². The van der Waals surface area contributed by atoms with Crippen LogP contribution in [0.25, 0.3) is 6.08 Å². The van der Waals surface area contributed by atoms with Crippen molar-refractivity contribution in [2.24, 2.45) is 4.99 Å². The lowest BCUT2D eigenvalue weighted by molar-refractivity contribution is -0.129. The van der Waals surface area contributed by atoms with Crippen LogP contribution in [0.1, 0.15) is 11.1 Å². The van der Waals surface area contributed by atoms with Gasteiger partial charge < -0.3 is 13.7 Å². The van der Waals surface area contributed by atoms with E-state index in [4.69, 9.17) is 25.3 Å². The van der Waals surface area contributed by atoms with E-state index in [-0.39, 0.29) is 22.2 Å². The van der Waals surface area contributed by atoms with E-state index in [0.717, 1.165) is 0 Å². The highest BCUT2D eigenvalue weighted by molar-refractivity contribution is 7.87. The molecule has 0 aromatic heterocycles. The molecule has 0 unspecified atom stereocenters. The highest BCUT2D eigenvalue weighted by atomic mass is 35.5. The molecule has 0 amide bonds. The maximum Gasteiger partial charge on any atom is 0.363 e. The SMILES string of the molecule is COc1cccc(C2=N/C(=C/c3ccc(OS(=O)(=O)c4ccc(Cl)cc4)cc3)C(=O)O2)c1. The molecule has 7 nitrogen and oxygen atoms in total. The Morgan fingerprint density at radius 1 is 0.969 bits per heavy atom. The Bertz CT molecular complexity index is 1330. The van der Waals surface area contributed by atoms with Crippen molar-refractivity contribution in [3.05, 3.63) is 94.6 Å². The minimum atomic E-state index is -4.00. The molecule has 0 radical (unpaired) electrons. The van der Waals surface area contributed by atoms with Gasteiger partial charge in [-0.1, -0.05) is 29.8 Å². The molecule has 3 aromatic carbocycles. The Morgan fingerprint density at radius 3 is 2.38 bits per heavy atom. The van der Waals surface area contributed by atoms with E-state index in [1.165, 1.54) is 42.5 Å². The zero-order valence-corrected chi connectivity index (χ0v) is 18.3. The summed E-state index contributed by atoms with van der Waals surface area (Å²) in [6, 6.07) is 18.8. The van der Waals surface area contributed by atoms with Crippen LogP contribution in [0.2, 0.25) is 5.02 Å². The van der Waals surface area contributed by atoms with Gasteiger partial charge in [-0.25, -0.2) is 9.79 Å². The van der Waals surface area contributed by atoms with Crippen LogP contribution in [-0.4, -0.2) is 27.4 Å². The second-order valence-electron chi connectivity index (χ2n) is 6.63. The van der Waals surface area contributed by atoms with Crippen molar-refractivity contribution < 1.29 is 26.9 Å². The molecule has 32 heavy (non-hydrogen) atoms. The van der Waals surface area contributed by atoms with E-state index in [9.17, 15) is 13.2 Å². The van der Waals surface area contributed by atoms with E-state index in [1.54, 1.807) is 43.5 Å². The van der Waals surface area contributed by atoms with E-state index in [2.05, 4.69) is 4.99 Å². The first kappa shape index (κ1) is 21.6. The summed E-state index contributed by atoms with van der Waals surface area (Å²) in [4.78, 5) is 16.4. The van der Waals surface area contributed by atoms with Crippen LogP contribution in [0.4, 0.5) is 0 Å². The number of carbonyl (C=O) groups excluding carboxylic acids is 1. The number of benzene rings is 3. The molecular weight excluding hydrogens is 454 g/mol. The summed E-state index contributed by atoms with van der Waals surface area (Å²) < 4.78 is 40.3. The predicted octanol–water partition coefficient (Wildman–Crippen LogP) is 4.46. The summed E-state index contributed by atoms with van der Waals surface area (Å²) in [6.07, 6.45) is 1.53. The smallest absolute Gasteiger partial charge is 0.363 e. The zero-order chi connectivity index (χ0) is 22.7. The lowest BCUT2D eigenvalue weighted by Gasteiger charge is -2.07. The monoisotopic (exact) mass is 469 g/mol. The number of aliphatic imine (C=N–C) groups is 1. The number of esters is 1. The molecule has 0 fully saturated rings. The third-order valence-electron chi connectivity index (χ3n) is 4.43. The van der Waals surface area contributed by atoms with E-state index in [0.29, 0.717) is 21.9 Å². The van der Waals surface area contributed by atoms with Crippen molar-refractivity contribution in [3.63, 3.8) is 0 Å². The average molecular weight is 470 g/mol. The summed E-state index contributed by atoms with van der Waals surface area (Å²) >= 11 is 5.79. The number of hydrogen-bond donors (Lipinski definition) is 0. The van der Waals surface area contributed by atoms with Gasteiger partial charge in [0, 0.05) is 10.6 Å². The number of rotatable bonds is 6. The Balaban J connectivity index is 1.52. The highest BCUT2D eigenvalue weighted by Gasteiger charge is 2.24. The van der Waals surface area contributed by atoms with Gasteiger partial charge in [0.15, 0.2) is 5.70 Å². The standard InChI is InChI=1S/C23H16ClNO6S/c1-29-19-4-2-3-16(14-19)22-25-21(23(26)30-22)13-15-5-9-18(10-6-15)31-32(27,28)20-11-7-17(24)8-12-20/h2-14H,1H3/b21-13+. The van der Waals surface area contributed by atoms with Crippen LogP contribution < -0.4 is 8.92 Å². The normalized spacial score (nSPS) is 14.8. The first-order valence-electron chi connectivity index (χ1n) is 9.31. The van der Waals surface area contributed by atoms with Crippen LogP contribution in [0.5, 0.6) is 11.5 Å². The topological polar surface area (TPSA) is 91.3 Å². The number of ether oxygens (including phenoxy) is 2. The largest absolute Gasteiger partial charge is 0.497 e. The van der Waals surface area contributed by atoms with Gasteiger partial charge in [0.2, 0.25) is 5.90 Å². The van der Waals surface area contributed by atoms with Gasteiger partial charge in [-0.3, -0.25) is 0 Å². The molecular formula is C23H16ClNO6S. The quantitative estimate of drug-likeness (QED) is 0.301. The molecule has 0 bridgehead atoms. The zero-order valence-electron chi connectivity index (χ0n) is 16.7. The Morgan fingerprint density at radius 2 is 1.69 bits per heavy atom. The van der Waals surface area contributed by atoms with Crippen LogP contribution in [0.3, 0.4) is 0 Å². The molecule has 0 aliphatic carbocycles. The molecule has 0 spiro atoms. The summed E-state index contributed by atoms with van der Waals surface area (Å²) in [5.74, 6) is 0.321. The van der Waals surface area contributed by atoms with Crippen molar-refractivity contribution in [2.75, 3.05) is 7.11 Å². The number of nitrogens with zero attached hydrogens (tertiary/aromatic N) is 1. The maximum atomic E-state index is 12.4. The minimum absolute atomic E-state index is 0.0128. The average Bonchev–Trinajstić information content (AvgIpc) is 3.15. The molecule has 0 N–H and O–H groups in total. The molecule has 1 aliphatic rings. The van der Waals surface area contributed by atoms with Crippen LogP contribution >= 0.6 is 11.6 Å². The van der Waals surface area contributed by atoms with E-state index >= 15 is 0 Å². The molecule has 1 heterocycles. The number of hydrogen-bond acceptors (Lipinski definition) is 7. The van der Waals surface area contributed by atoms with E-state index in [1.807, 2.05) is 0 Å². The Labute approximate surface area is 189 Å². The van der Waals surface area contributed by atoms with Gasteiger partial charge in [-0.15, -0.1) is 0 Å². The first-order valence-corrected chi connectivity index (χ1v) is 11.1. The Kier molecular flexibility index (Phi) is 5.98. The van der Waals surface area contributed by atoms with Crippen LogP contribution in [0.15, 0.2) is 88.4 Å². The predicted molar refractivity (Wildman–Crippen MR) is 119 cm³/mol. The van der Waals surface area contributed by atoms with Crippen molar-refractivity contribution in [3.8, 4) is 11.5 Å². The number of methoxy groups -OCH3 is 1. The van der Waals surface area contributed by atoms with Gasteiger partial charge in [-0.05, 0) is 66.2 Å². The van der Waals surface area contributed by atoms with Gasteiger partial charge in [0.05, 0.1) is 7.11 Å². The molecule has 0 saturated heterocycles. The maximum absolute atomic E-state index is 12.4. The summed E-state index contributed by atoms with van der Waals surface area (Å²) in [6.45, 7) is 0. The molecule has 3 aromatic rings. The third-order valence-corrected chi connectivity index (χ3v) is 5.94. The Hall–Kier alpha value is -3.62. The summed E-state index contributed by atoms with van der Waals surface area (Å²) in [7, 11) is -2.46. The molecule has 9 heteroatoms.